The Balaban J connectivity index is 2.26. The van der Waals surface area contributed by atoms with Crippen molar-refractivity contribution >= 4 is 48.1 Å². The van der Waals surface area contributed by atoms with Gasteiger partial charge in [-0.05, 0) is 54.3 Å². The number of rotatable bonds is 4. The molecule has 0 heterocycles. The molecule has 3 aromatic carbocycles. The van der Waals surface area contributed by atoms with Gasteiger partial charge in [0.2, 0.25) is 0 Å². The number of anilines is 1. The highest BCUT2D eigenvalue weighted by Crippen LogP contribution is 2.35. The average molecular weight is 421 g/mol. The van der Waals surface area contributed by atoms with Crippen LogP contribution < -0.4 is 5.73 Å². The molecule has 0 radical (unpaired) electrons. The predicted octanol–water partition coefficient (Wildman–Crippen LogP) is 3.64. The van der Waals surface area contributed by atoms with Crippen molar-refractivity contribution in [2.45, 2.75) is 16.7 Å². The third-order valence-corrected chi connectivity index (χ3v) is 5.76. The molecule has 0 aliphatic heterocycles. The Morgan fingerprint density at radius 2 is 1.43 bits per heavy atom. The number of nitrogens with two attached hydrogens (primary N) is 1. The summed E-state index contributed by atoms with van der Waals surface area (Å²) in [6.07, 6.45) is 0. The van der Waals surface area contributed by atoms with E-state index in [0.717, 1.165) is 12.1 Å². The van der Waals surface area contributed by atoms with Crippen LogP contribution in [0.2, 0.25) is 0 Å². The SMILES string of the molecule is Cc1cc(N)ccc1N=Nc1ccc2ccc(S(=O)(=O)O)cc2c1S(=O)(=O)O. The van der Waals surface area contributed by atoms with Crippen LogP contribution in [0, 0.1) is 6.92 Å². The number of azo groups is 1. The summed E-state index contributed by atoms with van der Waals surface area (Å²) in [4.78, 5) is -1.14. The molecule has 4 N–H and O–H groups in total. The fourth-order valence-electron chi connectivity index (χ4n) is 2.67. The number of fused-ring (bicyclic) bond motifs is 1. The number of hydrogen-bond acceptors (Lipinski definition) is 7. The number of nitrogen functional groups attached to an aromatic ring is 1. The van der Waals surface area contributed by atoms with Crippen LogP contribution in [0.15, 0.2) is 68.6 Å². The van der Waals surface area contributed by atoms with Crippen molar-refractivity contribution < 1.29 is 25.9 Å². The highest BCUT2D eigenvalue weighted by molar-refractivity contribution is 7.86. The average Bonchev–Trinajstić information content (AvgIpc) is 2.58. The molecule has 0 aromatic heterocycles. The molecule has 11 heteroatoms. The first kappa shape index (κ1) is 19.9. The molecular formula is C17H15N3O6S2. The summed E-state index contributed by atoms with van der Waals surface area (Å²) in [5, 5.41) is 8.10. The smallest absolute Gasteiger partial charge is 0.297 e. The first-order valence-electron chi connectivity index (χ1n) is 7.76. The second-order valence-corrected chi connectivity index (χ2v) is 8.77. The maximum absolute atomic E-state index is 12.0. The summed E-state index contributed by atoms with van der Waals surface area (Å²) in [6.45, 7) is 1.74. The van der Waals surface area contributed by atoms with Crippen LogP contribution in [-0.4, -0.2) is 25.9 Å². The number of hydrogen-bond donors (Lipinski definition) is 3. The van der Waals surface area contributed by atoms with Crippen LogP contribution >= 0.6 is 0 Å². The van der Waals surface area contributed by atoms with Crippen molar-refractivity contribution in [2.75, 3.05) is 5.73 Å². The molecule has 0 saturated carbocycles. The van der Waals surface area contributed by atoms with E-state index in [0.29, 0.717) is 22.3 Å². The second-order valence-electron chi connectivity index (χ2n) is 5.99. The first-order valence-corrected chi connectivity index (χ1v) is 10.6. The lowest BCUT2D eigenvalue weighted by Crippen LogP contribution is -2.02. The minimum atomic E-state index is -4.79. The van der Waals surface area contributed by atoms with Gasteiger partial charge in [-0.2, -0.15) is 21.9 Å². The van der Waals surface area contributed by atoms with E-state index in [2.05, 4.69) is 10.2 Å². The zero-order valence-corrected chi connectivity index (χ0v) is 16.1. The standard InChI is InChI=1S/C17H15N3O6S2/c1-10-8-12(18)4-7-15(10)19-20-16-6-3-11-2-5-13(27(21,22)23)9-14(11)17(16)28(24,25)26/h2-9H,18H2,1H3,(H,21,22,23)(H,24,25,26). The largest absolute Gasteiger partial charge is 0.399 e. The van der Waals surface area contributed by atoms with E-state index in [9.17, 15) is 25.9 Å². The van der Waals surface area contributed by atoms with Gasteiger partial charge in [-0.25, -0.2) is 0 Å². The normalized spacial score (nSPS) is 12.7. The molecule has 146 valence electrons. The van der Waals surface area contributed by atoms with E-state index < -0.39 is 30.0 Å². The molecule has 0 unspecified atom stereocenters. The van der Waals surface area contributed by atoms with Crippen molar-refractivity contribution in [3.8, 4) is 0 Å². The van der Waals surface area contributed by atoms with Crippen LogP contribution in [0.4, 0.5) is 17.1 Å². The summed E-state index contributed by atoms with van der Waals surface area (Å²) >= 11 is 0. The Bertz CT molecular complexity index is 1330. The molecule has 0 saturated heterocycles. The summed E-state index contributed by atoms with van der Waals surface area (Å²) < 4.78 is 65.6. The van der Waals surface area contributed by atoms with E-state index in [1.807, 2.05) is 0 Å². The molecule has 0 amide bonds. The van der Waals surface area contributed by atoms with Crippen LogP contribution in [0.5, 0.6) is 0 Å². The maximum atomic E-state index is 12.0. The topological polar surface area (TPSA) is 159 Å². The third-order valence-electron chi connectivity index (χ3n) is 3.96. The van der Waals surface area contributed by atoms with Gasteiger partial charge >= 0.3 is 0 Å². The highest BCUT2D eigenvalue weighted by atomic mass is 32.2. The fourth-order valence-corrected chi connectivity index (χ4v) is 4.00. The zero-order valence-electron chi connectivity index (χ0n) is 14.4. The van der Waals surface area contributed by atoms with Crippen molar-refractivity contribution in [2.24, 2.45) is 10.2 Å². The third kappa shape index (κ3) is 4.02. The van der Waals surface area contributed by atoms with Crippen LogP contribution in [0.1, 0.15) is 5.56 Å². The molecule has 0 aliphatic rings. The van der Waals surface area contributed by atoms with E-state index in [1.54, 1.807) is 25.1 Å². The molecular weight excluding hydrogens is 406 g/mol. The lowest BCUT2D eigenvalue weighted by atomic mass is 10.1. The minimum absolute atomic E-state index is 0.122. The monoisotopic (exact) mass is 421 g/mol. The molecule has 9 nitrogen and oxygen atoms in total. The number of benzene rings is 3. The van der Waals surface area contributed by atoms with Crippen molar-refractivity contribution in [3.63, 3.8) is 0 Å². The number of aryl methyl sites for hydroxylation is 1. The molecule has 0 aliphatic carbocycles. The lowest BCUT2D eigenvalue weighted by Gasteiger charge is -2.08. The van der Waals surface area contributed by atoms with Gasteiger partial charge in [0.1, 0.15) is 10.6 Å². The molecule has 28 heavy (non-hydrogen) atoms. The Morgan fingerprint density at radius 1 is 0.821 bits per heavy atom. The van der Waals surface area contributed by atoms with Gasteiger partial charge in [0, 0.05) is 11.1 Å². The quantitative estimate of drug-likeness (QED) is 0.329. The maximum Gasteiger partial charge on any atom is 0.297 e. The lowest BCUT2D eigenvalue weighted by molar-refractivity contribution is 0.480. The molecule has 3 aromatic rings. The van der Waals surface area contributed by atoms with E-state index in [4.69, 9.17) is 5.73 Å². The zero-order chi connectivity index (χ0) is 20.7. The second kappa shape index (κ2) is 6.95. The Morgan fingerprint density at radius 3 is 2.04 bits per heavy atom. The predicted molar refractivity (Wildman–Crippen MR) is 103 cm³/mol. The Labute approximate surface area is 161 Å². The Hall–Kier alpha value is -2.86. The minimum Gasteiger partial charge on any atom is -0.399 e. The van der Waals surface area contributed by atoms with E-state index in [-0.39, 0.29) is 11.1 Å². The van der Waals surface area contributed by atoms with Gasteiger partial charge in [-0.1, -0.05) is 12.1 Å². The van der Waals surface area contributed by atoms with Crippen molar-refractivity contribution in [3.05, 3.63) is 54.1 Å². The van der Waals surface area contributed by atoms with Crippen molar-refractivity contribution in [1.29, 1.82) is 0 Å². The molecule has 0 spiro atoms. The van der Waals surface area contributed by atoms with E-state index >= 15 is 0 Å². The molecule has 0 atom stereocenters. The van der Waals surface area contributed by atoms with Gasteiger partial charge < -0.3 is 5.73 Å². The van der Waals surface area contributed by atoms with Crippen LogP contribution in [0.3, 0.4) is 0 Å². The summed E-state index contributed by atoms with van der Waals surface area (Å²) in [7, 11) is -9.37. The summed E-state index contributed by atoms with van der Waals surface area (Å²) in [6, 6.07) is 11.0. The first-order chi connectivity index (χ1) is 13.0. The van der Waals surface area contributed by atoms with Gasteiger partial charge in [0.25, 0.3) is 20.2 Å². The van der Waals surface area contributed by atoms with Crippen LogP contribution in [0.25, 0.3) is 10.8 Å². The van der Waals surface area contributed by atoms with Gasteiger partial charge in [-0.3, -0.25) is 9.11 Å². The van der Waals surface area contributed by atoms with E-state index in [1.165, 1.54) is 18.2 Å². The summed E-state index contributed by atoms with van der Waals surface area (Å²) in [5.41, 5.74) is 7.14. The van der Waals surface area contributed by atoms with Crippen molar-refractivity contribution in [1.82, 2.24) is 0 Å². The fraction of sp³-hybridized carbons (Fsp3) is 0.0588. The number of nitrogens with zero attached hydrogens (tertiary/aromatic N) is 2. The molecule has 3 rings (SSSR count). The van der Waals surface area contributed by atoms with Gasteiger partial charge in [0.05, 0.1) is 10.6 Å². The Kier molecular flexibility index (Phi) is 4.93. The summed E-state index contributed by atoms with van der Waals surface area (Å²) in [5.74, 6) is 0. The van der Waals surface area contributed by atoms with Crippen LogP contribution in [-0.2, 0) is 20.2 Å². The van der Waals surface area contributed by atoms with Gasteiger partial charge in [0.15, 0.2) is 0 Å². The molecule has 0 fully saturated rings. The van der Waals surface area contributed by atoms with Gasteiger partial charge in [-0.15, -0.1) is 5.11 Å². The molecule has 0 bridgehead atoms. The highest BCUT2D eigenvalue weighted by Gasteiger charge is 2.22.